The summed E-state index contributed by atoms with van der Waals surface area (Å²) in [6.45, 7) is 6.58. The largest absolute Gasteiger partial charge is 0.506 e. The molecule has 18 heavy (non-hydrogen) atoms. The third-order valence-electron chi connectivity index (χ3n) is 3.65. The Labute approximate surface area is 106 Å². The molecule has 0 amide bonds. The number of fused-ring (bicyclic) bond motifs is 1. The summed E-state index contributed by atoms with van der Waals surface area (Å²) >= 11 is 0. The molecule has 1 N–H and O–H groups in total. The lowest BCUT2D eigenvalue weighted by atomic mass is 10.1. The summed E-state index contributed by atoms with van der Waals surface area (Å²) < 4.78 is 1.66. The highest BCUT2D eigenvalue weighted by Crippen LogP contribution is 2.26. The Morgan fingerprint density at radius 3 is 2.94 bits per heavy atom. The van der Waals surface area contributed by atoms with E-state index in [1.54, 1.807) is 22.8 Å². The van der Waals surface area contributed by atoms with E-state index >= 15 is 0 Å². The van der Waals surface area contributed by atoms with E-state index in [9.17, 15) is 5.11 Å². The van der Waals surface area contributed by atoms with Crippen molar-refractivity contribution in [3.05, 3.63) is 24.2 Å². The first-order chi connectivity index (χ1) is 8.63. The van der Waals surface area contributed by atoms with E-state index in [0.717, 1.165) is 31.0 Å². The topological polar surface area (TPSA) is 53.7 Å². The summed E-state index contributed by atoms with van der Waals surface area (Å²) in [5, 5.41) is 13.9. The lowest BCUT2D eigenvalue weighted by molar-refractivity contribution is 0.272. The predicted octanol–water partition coefficient (Wildman–Crippen LogP) is 1.63. The molecule has 0 aliphatic carbocycles. The summed E-state index contributed by atoms with van der Waals surface area (Å²) in [6.07, 6.45) is 2.71. The first-order valence-corrected chi connectivity index (χ1v) is 6.43. The summed E-state index contributed by atoms with van der Waals surface area (Å²) in [6, 6.07) is 4.01. The van der Waals surface area contributed by atoms with Gasteiger partial charge < -0.3 is 10.0 Å². The van der Waals surface area contributed by atoms with Crippen LogP contribution >= 0.6 is 0 Å². The minimum atomic E-state index is 0.217. The SMILES string of the molecule is CC(C)N1CCC(c2nc3ccc(O)cn3n2)C1. The Bertz CT molecular complexity index is 563. The molecule has 3 rings (SSSR count). The van der Waals surface area contributed by atoms with Gasteiger partial charge in [-0.15, -0.1) is 0 Å². The van der Waals surface area contributed by atoms with Crippen LogP contribution in [-0.2, 0) is 0 Å². The smallest absolute Gasteiger partial charge is 0.156 e. The molecule has 96 valence electrons. The standard InChI is InChI=1S/C13H18N4O/c1-9(2)16-6-5-10(7-16)13-14-12-4-3-11(18)8-17(12)15-13/h3-4,8-10,18H,5-7H2,1-2H3. The average molecular weight is 246 g/mol. The van der Waals surface area contributed by atoms with Crippen molar-refractivity contribution in [2.45, 2.75) is 32.2 Å². The maximum absolute atomic E-state index is 9.42. The van der Waals surface area contributed by atoms with Crippen molar-refractivity contribution < 1.29 is 5.11 Å². The van der Waals surface area contributed by atoms with Crippen molar-refractivity contribution in [3.8, 4) is 5.75 Å². The van der Waals surface area contributed by atoms with Crippen LogP contribution < -0.4 is 0 Å². The molecule has 2 aromatic rings. The fourth-order valence-electron chi connectivity index (χ4n) is 2.53. The second-order valence-corrected chi connectivity index (χ2v) is 5.23. The van der Waals surface area contributed by atoms with Gasteiger partial charge in [0.25, 0.3) is 0 Å². The van der Waals surface area contributed by atoms with Crippen LogP contribution in [0.15, 0.2) is 18.3 Å². The van der Waals surface area contributed by atoms with Gasteiger partial charge in [-0.25, -0.2) is 9.50 Å². The van der Waals surface area contributed by atoms with Crippen LogP contribution in [0, 0.1) is 0 Å². The summed E-state index contributed by atoms with van der Waals surface area (Å²) in [4.78, 5) is 7.00. The Kier molecular flexibility index (Phi) is 2.70. The van der Waals surface area contributed by atoms with Gasteiger partial charge in [-0.05, 0) is 38.9 Å². The fourth-order valence-corrected chi connectivity index (χ4v) is 2.53. The lowest BCUT2D eigenvalue weighted by Crippen LogP contribution is -2.28. The third-order valence-corrected chi connectivity index (χ3v) is 3.65. The molecule has 0 bridgehead atoms. The minimum Gasteiger partial charge on any atom is -0.506 e. The fraction of sp³-hybridized carbons (Fsp3) is 0.538. The normalized spacial score (nSPS) is 21.2. The van der Waals surface area contributed by atoms with Gasteiger partial charge in [0, 0.05) is 18.5 Å². The Hall–Kier alpha value is -1.62. The van der Waals surface area contributed by atoms with Crippen molar-refractivity contribution in [2.75, 3.05) is 13.1 Å². The van der Waals surface area contributed by atoms with E-state index in [2.05, 4.69) is 28.8 Å². The summed E-state index contributed by atoms with van der Waals surface area (Å²) in [5.41, 5.74) is 0.797. The second kappa shape index (κ2) is 4.24. The van der Waals surface area contributed by atoms with Crippen molar-refractivity contribution in [2.24, 2.45) is 0 Å². The number of aromatic nitrogens is 3. The molecule has 0 radical (unpaired) electrons. The van der Waals surface area contributed by atoms with Crippen molar-refractivity contribution in [1.82, 2.24) is 19.5 Å². The maximum Gasteiger partial charge on any atom is 0.156 e. The minimum absolute atomic E-state index is 0.217. The van der Waals surface area contributed by atoms with E-state index in [-0.39, 0.29) is 5.75 Å². The van der Waals surface area contributed by atoms with E-state index in [4.69, 9.17) is 0 Å². The molecule has 1 fully saturated rings. The monoisotopic (exact) mass is 246 g/mol. The Morgan fingerprint density at radius 1 is 1.39 bits per heavy atom. The van der Waals surface area contributed by atoms with Gasteiger partial charge in [-0.2, -0.15) is 5.10 Å². The zero-order valence-corrected chi connectivity index (χ0v) is 10.7. The highest BCUT2D eigenvalue weighted by atomic mass is 16.3. The molecule has 1 aliphatic heterocycles. The quantitative estimate of drug-likeness (QED) is 0.875. The molecule has 1 aliphatic rings. The van der Waals surface area contributed by atoms with Gasteiger partial charge in [-0.1, -0.05) is 0 Å². The van der Waals surface area contributed by atoms with Crippen LogP contribution in [0.4, 0.5) is 0 Å². The molecule has 1 unspecified atom stereocenters. The van der Waals surface area contributed by atoms with E-state index < -0.39 is 0 Å². The van der Waals surface area contributed by atoms with Gasteiger partial charge in [0.05, 0.1) is 6.20 Å². The summed E-state index contributed by atoms with van der Waals surface area (Å²) in [5.74, 6) is 1.52. The lowest BCUT2D eigenvalue weighted by Gasteiger charge is -2.19. The van der Waals surface area contributed by atoms with Crippen LogP contribution in [0.3, 0.4) is 0 Å². The van der Waals surface area contributed by atoms with E-state index in [1.807, 2.05) is 0 Å². The predicted molar refractivity (Wildman–Crippen MR) is 68.7 cm³/mol. The number of likely N-dealkylation sites (tertiary alicyclic amines) is 1. The number of aromatic hydroxyl groups is 1. The van der Waals surface area contributed by atoms with Crippen LogP contribution in [-0.4, -0.2) is 43.7 Å². The molecule has 0 aromatic carbocycles. The molecule has 5 heteroatoms. The van der Waals surface area contributed by atoms with Gasteiger partial charge in [0.2, 0.25) is 0 Å². The van der Waals surface area contributed by atoms with Crippen LogP contribution in [0.5, 0.6) is 5.75 Å². The zero-order chi connectivity index (χ0) is 12.7. The van der Waals surface area contributed by atoms with Crippen LogP contribution in [0.25, 0.3) is 5.65 Å². The highest BCUT2D eigenvalue weighted by molar-refractivity contribution is 5.40. The van der Waals surface area contributed by atoms with Gasteiger partial charge >= 0.3 is 0 Å². The second-order valence-electron chi connectivity index (χ2n) is 5.23. The Balaban J connectivity index is 1.87. The van der Waals surface area contributed by atoms with Gasteiger partial charge in [-0.3, -0.25) is 0 Å². The first kappa shape index (κ1) is 11.5. The molecule has 0 spiro atoms. The third kappa shape index (κ3) is 1.95. The zero-order valence-electron chi connectivity index (χ0n) is 10.7. The molecule has 0 saturated carbocycles. The van der Waals surface area contributed by atoms with Crippen molar-refractivity contribution in [3.63, 3.8) is 0 Å². The maximum atomic E-state index is 9.42. The van der Waals surface area contributed by atoms with Gasteiger partial charge in [0.15, 0.2) is 11.5 Å². The van der Waals surface area contributed by atoms with E-state index in [0.29, 0.717) is 12.0 Å². The molecule has 5 nitrogen and oxygen atoms in total. The molecular weight excluding hydrogens is 228 g/mol. The number of pyridine rings is 1. The molecule has 1 saturated heterocycles. The number of hydrogen-bond acceptors (Lipinski definition) is 4. The Morgan fingerprint density at radius 2 is 2.22 bits per heavy atom. The summed E-state index contributed by atoms with van der Waals surface area (Å²) in [7, 11) is 0. The molecule has 3 heterocycles. The van der Waals surface area contributed by atoms with Crippen molar-refractivity contribution >= 4 is 5.65 Å². The number of nitrogens with zero attached hydrogens (tertiary/aromatic N) is 4. The average Bonchev–Trinajstić information content (AvgIpc) is 2.93. The molecule has 1 atom stereocenters. The first-order valence-electron chi connectivity index (χ1n) is 6.43. The van der Waals surface area contributed by atoms with E-state index in [1.165, 1.54) is 0 Å². The number of hydrogen-bond donors (Lipinski definition) is 1. The van der Waals surface area contributed by atoms with Crippen LogP contribution in [0.1, 0.15) is 32.0 Å². The van der Waals surface area contributed by atoms with Crippen molar-refractivity contribution in [1.29, 1.82) is 0 Å². The number of rotatable bonds is 2. The van der Waals surface area contributed by atoms with Crippen LogP contribution in [0.2, 0.25) is 0 Å². The highest BCUT2D eigenvalue weighted by Gasteiger charge is 2.28. The van der Waals surface area contributed by atoms with Gasteiger partial charge in [0.1, 0.15) is 5.75 Å². The molecular formula is C13H18N4O. The molecule has 2 aromatic heterocycles.